The fourth-order valence-electron chi connectivity index (χ4n) is 3.10. The van der Waals surface area contributed by atoms with Crippen LogP contribution in [-0.2, 0) is 0 Å². The zero-order valence-electron chi connectivity index (χ0n) is 13.4. The van der Waals surface area contributed by atoms with Crippen molar-refractivity contribution in [3.05, 3.63) is 52.0 Å². The van der Waals surface area contributed by atoms with Crippen molar-refractivity contribution in [2.45, 2.75) is 0 Å². The van der Waals surface area contributed by atoms with Gasteiger partial charge in [-0.1, -0.05) is 23.2 Å². The molecule has 25 heavy (non-hydrogen) atoms. The molecule has 2 aromatic rings. The van der Waals surface area contributed by atoms with Crippen LogP contribution in [-0.4, -0.2) is 43.8 Å². The van der Waals surface area contributed by atoms with Crippen LogP contribution >= 0.6 is 23.2 Å². The number of hydrogen-bond acceptors (Lipinski definition) is 4. The second-order valence-electron chi connectivity index (χ2n) is 5.97. The van der Waals surface area contributed by atoms with Crippen LogP contribution in [0.4, 0.5) is 5.69 Å². The Bertz CT molecular complexity index is 800. The van der Waals surface area contributed by atoms with Crippen LogP contribution in [0.25, 0.3) is 0 Å². The highest BCUT2D eigenvalue weighted by Crippen LogP contribution is 2.33. The zero-order chi connectivity index (χ0) is 17.4. The average molecular weight is 379 g/mol. The molecule has 0 spiro atoms. The molecule has 0 unspecified atom stereocenters. The number of carbonyl (C=O) groups is 1. The molecule has 1 fully saturated rings. The van der Waals surface area contributed by atoms with Crippen LogP contribution in [0.1, 0.15) is 10.4 Å². The number of ether oxygens (including phenoxy) is 2. The Kier molecular flexibility index (Phi) is 4.36. The molecule has 2 aromatic carbocycles. The summed E-state index contributed by atoms with van der Waals surface area (Å²) in [6.45, 7) is 2.93. The molecule has 2 aliphatic heterocycles. The van der Waals surface area contributed by atoms with E-state index < -0.39 is 0 Å². The third-order valence-corrected chi connectivity index (χ3v) is 4.84. The van der Waals surface area contributed by atoms with Gasteiger partial charge in [0, 0.05) is 47.5 Å². The van der Waals surface area contributed by atoms with Crippen molar-refractivity contribution >= 4 is 34.8 Å². The summed E-state index contributed by atoms with van der Waals surface area (Å²) in [6.07, 6.45) is 0. The molecule has 5 nitrogen and oxygen atoms in total. The molecule has 0 aliphatic carbocycles. The summed E-state index contributed by atoms with van der Waals surface area (Å²) in [5, 5.41) is 1.22. The average Bonchev–Trinajstić information content (AvgIpc) is 3.08. The highest BCUT2D eigenvalue weighted by atomic mass is 35.5. The van der Waals surface area contributed by atoms with E-state index in [2.05, 4.69) is 4.90 Å². The van der Waals surface area contributed by atoms with Gasteiger partial charge in [0.05, 0.1) is 0 Å². The van der Waals surface area contributed by atoms with Crippen LogP contribution in [0.2, 0.25) is 10.0 Å². The number of carbonyl (C=O) groups excluding carboxylic acids is 1. The second kappa shape index (κ2) is 6.65. The highest BCUT2D eigenvalue weighted by Gasteiger charge is 2.24. The van der Waals surface area contributed by atoms with Gasteiger partial charge in [0.25, 0.3) is 5.91 Å². The molecule has 0 N–H and O–H groups in total. The molecule has 130 valence electrons. The van der Waals surface area contributed by atoms with E-state index in [9.17, 15) is 4.79 Å². The van der Waals surface area contributed by atoms with E-state index in [-0.39, 0.29) is 12.7 Å². The number of amides is 1. The number of hydrogen-bond donors (Lipinski definition) is 0. The van der Waals surface area contributed by atoms with Crippen LogP contribution < -0.4 is 14.4 Å². The largest absolute Gasteiger partial charge is 0.454 e. The Labute approximate surface area is 155 Å². The Morgan fingerprint density at radius 3 is 2.28 bits per heavy atom. The first-order valence-electron chi connectivity index (χ1n) is 8.00. The van der Waals surface area contributed by atoms with Gasteiger partial charge in [-0.3, -0.25) is 4.79 Å². The number of fused-ring (bicyclic) bond motifs is 1. The highest BCUT2D eigenvalue weighted by molar-refractivity contribution is 6.35. The van der Waals surface area contributed by atoms with E-state index in [4.69, 9.17) is 32.7 Å². The maximum absolute atomic E-state index is 12.7. The smallest absolute Gasteiger partial charge is 0.254 e. The van der Waals surface area contributed by atoms with Crippen LogP contribution in [0.3, 0.4) is 0 Å². The lowest BCUT2D eigenvalue weighted by atomic mass is 10.1. The van der Waals surface area contributed by atoms with Crippen molar-refractivity contribution in [2.75, 3.05) is 37.9 Å². The van der Waals surface area contributed by atoms with Gasteiger partial charge in [-0.2, -0.15) is 0 Å². The summed E-state index contributed by atoms with van der Waals surface area (Å²) in [5.74, 6) is 1.30. The summed E-state index contributed by atoms with van der Waals surface area (Å²) in [5.41, 5.74) is 1.59. The molecule has 4 rings (SSSR count). The molecule has 0 radical (unpaired) electrons. The van der Waals surface area contributed by atoms with Crippen molar-refractivity contribution in [2.24, 2.45) is 0 Å². The van der Waals surface area contributed by atoms with E-state index in [0.29, 0.717) is 40.2 Å². The van der Waals surface area contributed by atoms with Gasteiger partial charge in [0.15, 0.2) is 11.5 Å². The van der Waals surface area contributed by atoms with Gasteiger partial charge in [0.1, 0.15) is 0 Å². The van der Waals surface area contributed by atoms with Crippen molar-refractivity contribution in [3.63, 3.8) is 0 Å². The predicted octanol–water partition coefficient (Wildman–Crippen LogP) is 3.68. The Morgan fingerprint density at radius 1 is 0.880 bits per heavy atom. The van der Waals surface area contributed by atoms with E-state index in [1.54, 1.807) is 24.3 Å². The lowest BCUT2D eigenvalue weighted by Crippen LogP contribution is -2.48. The van der Waals surface area contributed by atoms with Crippen LogP contribution in [0.15, 0.2) is 36.4 Å². The fourth-order valence-corrected chi connectivity index (χ4v) is 3.62. The first-order chi connectivity index (χ1) is 12.1. The van der Waals surface area contributed by atoms with Crippen molar-refractivity contribution in [1.82, 2.24) is 4.90 Å². The number of nitrogens with zero attached hydrogens (tertiary/aromatic N) is 2. The Balaban J connectivity index is 1.44. The molecular formula is C18H16Cl2N2O3. The topological polar surface area (TPSA) is 42.0 Å². The fraction of sp³-hybridized carbons (Fsp3) is 0.278. The Morgan fingerprint density at radius 2 is 1.56 bits per heavy atom. The maximum atomic E-state index is 12.7. The lowest BCUT2D eigenvalue weighted by molar-refractivity contribution is 0.0746. The molecule has 7 heteroatoms. The lowest BCUT2D eigenvalue weighted by Gasteiger charge is -2.36. The summed E-state index contributed by atoms with van der Waals surface area (Å²) in [4.78, 5) is 16.7. The standard InChI is InChI=1S/C18H16Cl2N2O3/c19-13-8-14(20)10-15(9-13)21-3-5-22(6-4-21)18(23)12-1-2-16-17(7-12)25-11-24-16/h1-2,7-10H,3-6,11H2. The molecule has 1 amide bonds. The van der Waals surface area contributed by atoms with E-state index >= 15 is 0 Å². The molecule has 2 aliphatic rings. The monoisotopic (exact) mass is 378 g/mol. The third-order valence-electron chi connectivity index (χ3n) is 4.40. The zero-order valence-corrected chi connectivity index (χ0v) is 14.9. The van der Waals surface area contributed by atoms with Crippen molar-refractivity contribution in [3.8, 4) is 11.5 Å². The van der Waals surface area contributed by atoms with Gasteiger partial charge in [-0.05, 0) is 36.4 Å². The predicted molar refractivity (Wildman–Crippen MR) is 97.1 cm³/mol. The molecule has 0 aromatic heterocycles. The molecule has 0 saturated carbocycles. The minimum Gasteiger partial charge on any atom is -0.454 e. The normalized spacial score (nSPS) is 16.2. The van der Waals surface area contributed by atoms with Gasteiger partial charge in [0.2, 0.25) is 6.79 Å². The van der Waals surface area contributed by atoms with Gasteiger partial charge >= 0.3 is 0 Å². The Hall–Kier alpha value is -2.11. The van der Waals surface area contributed by atoms with Crippen LogP contribution in [0.5, 0.6) is 11.5 Å². The number of anilines is 1. The number of halogens is 2. The molecular weight excluding hydrogens is 363 g/mol. The van der Waals surface area contributed by atoms with E-state index in [0.717, 1.165) is 18.8 Å². The maximum Gasteiger partial charge on any atom is 0.254 e. The minimum absolute atomic E-state index is 0.00192. The van der Waals surface area contributed by atoms with E-state index in [1.165, 1.54) is 0 Å². The van der Waals surface area contributed by atoms with Gasteiger partial charge < -0.3 is 19.3 Å². The summed E-state index contributed by atoms with van der Waals surface area (Å²) < 4.78 is 10.6. The number of rotatable bonds is 2. The summed E-state index contributed by atoms with van der Waals surface area (Å²) in [7, 11) is 0. The quantitative estimate of drug-likeness (QED) is 0.799. The summed E-state index contributed by atoms with van der Waals surface area (Å²) in [6, 6.07) is 10.8. The first kappa shape index (κ1) is 16.4. The molecule has 2 heterocycles. The second-order valence-corrected chi connectivity index (χ2v) is 6.85. The number of piperazine rings is 1. The van der Waals surface area contributed by atoms with Crippen LogP contribution in [0, 0.1) is 0 Å². The van der Waals surface area contributed by atoms with Crippen molar-refractivity contribution in [1.29, 1.82) is 0 Å². The minimum atomic E-state index is 0.00192. The number of benzene rings is 2. The SMILES string of the molecule is O=C(c1ccc2c(c1)OCO2)N1CCN(c2cc(Cl)cc(Cl)c2)CC1. The third kappa shape index (κ3) is 3.34. The first-order valence-corrected chi connectivity index (χ1v) is 8.76. The van der Waals surface area contributed by atoms with Gasteiger partial charge in [-0.25, -0.2) is 0 Å². The van der Waals surface area contributed by atoms with E-state index in [1.807, 2.05) is 17.0 Å². The molecule has 0 bridgehead atoms. The van der Waals surface area contributed by atoms with Gasteiger partial charge in [-0.15, -0.1) is 0 Å². The molecule has 0 atom stereocenters. The molecule has 1 saturated heterocycles. The van der Waals surface area contributed by atoms with Crippen molar-refractivity contribution < 1.29 is 14.3 Å². The summed E-state index contributed by atoms with van der Waals surface area (Å²) >= 11 is 12.2.